The van der Waals surface area contributed by atoms with Gasteiger partial charge < -0.3 is 14.7 Å². The van der Waals surface area contributed by atoms with Gasteiger partial charge in [-0.15, -0.1) is 0 Å². The number of methoxy groups -OCH3 is 1. The molecule has 104 valence electrons. The van der Waals surface area contributed by atoms with Crippen LogP contribution in [-0.4, -0.2) is 31.8 Å². The largest absolute Gasteiger partial charge is 0.497 e. The van der Waals surface area contributed by atoms with Crippen LogP contribution < -0.4 is 9.64 Å². The molecule has 2 rings (SSSR count). The van der Waals surface area contributed by atoms with E-state index < -0.39 is 11.4 Å². The first-order chi connectivity index (χ1) is 8.85. The number of ether oxygens (including phenoxy) is 1. The Labute approximate surface area is 114 Å². The number of benzene rings is 1. The zero-order chi connectivity index (χ0) is 14.2. The minimum absolute atomic E-state index is 0.237. The smallest absolute Gasteiger partial charge is 0.309 e. The molecule has 1 N–H and O–H groups in total. The number of carboxylic acids is 1. The van der Waals surface area contributed by atoms with Gasteiger partial charge in [-0.1, -0.05) is 0 Å². The van der Waals surface area contributed by atoms with E-state index in [0.29, 0.717) is 6.42 Å². The molecule has 0 aromatic heterocycles. The highest BCUT2D eigenvalue weighted by Gasteiger charge is 2.35. The van der Waals surface area contributed by atoms with Crippen LogP contribution in [-0.2, 0) is 4.79 Å². The number of anilines is 1. The maximum atomic E-state index is 11.3. The molecule has 0 saturated heterocycles. The number of hydrogen-bond donors (Lipinski definition) is 1. The Morgan fingerprint density at radius 1 is 1.53 bits per heavy atom. The van der Waals surface area contributed by atoms with Crippen LogP contribution in [0.2, 0.25) is 0 Å². The minimum atomic E-state index is -0.744. The van der Waals surface area contributed by atoms with Crippen LogP contribution in [0.1, 0.15) is 31.7 Å². The maximum absolute atomic E-state index is 11.3. The average Bonchev–Trinajstić information content (AvgIpc) is 2.65. The van der Waals surface area contributed by atoms with Crippen LogP contribution >= 0.6 is 0 Å². The topological polar surface area (TPSA) is 49.8 Å². The summed E-state index contributed by atoms with van der Waals surface area (Å²) in [6, 6.07) is 6.02. The van der Waals surface area contributed by atoms with Crippen molar-refractivity contribution in [2.75, 3.05) is 25.6 Å². The molecule has 1 aliphatic rings. The highest BCUT2D eigenvalue weighted by Crippen LogP contribution is 2.43. The van der Waals surface area contributed by atoms with E-state index in [9.17, 15) is 9.90 Å². The first-order valence-electron chi connectivity index (χ1n) is 6.47. The van der Waals surface area contributed by atoms with Crippen LogP contribution in [0.5, 0.6) is 5.75 Å². The number of aliphatic carboxylic acids is 1. The molecule has 19 heavy (non-hydrogen) atoms. The van der Waals surface area contributed by atoms with Gasteiger partial charge in [0.05, 0.1) is 12.5 Å². The maximum Gasteiger partial charge on any atom is 0.309 e. The van der Waals surface area contributed by atoms with Crippen molar-refractivity contribution in [1.82, 2.24) is 0 Å². The lowest BCUT2D eigenvalue weighted by molar-refractivity contribution is -0.147. The molecule has 0 spiro atoms. The zero-order valence-electron chi connectivity index (χ0n) is 11.9. The van der Waals surface area contributed by atoms with Gasteiger partial charge in [-0.05, 0) is 44.0 Å². The van der Waals surface area contributed by atoms with Crippen molar-refractivity contribution in [3.8, 4) is 5.75 Å². The predicted molar refractivity (Wildman–Crippen MR) is 75.0 cm³/mol. The van der Waals surface area contributed by atoms with E-state index in [1.54, 1.807) is 21.0 Å². The molecule has 0 fully saturated rings. The summed E-state index contributed by atoms with van der Waals surface area (Å²) in [6.07, 6.45) is 0.632. The van der Waals surface area contributed by atoms with Gasteiger partial charge >= 0.3 is 5.97 Å². The Bertz CT molecular complexity index is 496. The highest BCUT2D eigenvalue weighted by atomic mass is 16.5. The van der Waals surface area contributed by atoms with E-state index in [-0.39, 0.29) is 5.92 Å². The molecular weight excluding hydrogens is 242 g/mol. The summed E-state index contributed by atoms with van der Waals surface area (Å²) >= 11 is 0. The second kappa shape index (κ2) is 4.76. The second-order valence-electron chi connectivity index (χ2n) is 5.90. The molecular formula is C15H21NO3. The summed E-state index contributed by atoms with van der Waals surface area (Å²) in [5.74, 6) is 0.319. The number of fused-ring (bicyclic) bond motifs is 1. The third kappa shape index (κ3) is 2.53. The normalized spacial score (nSPS) is 18.3. The summed E-state index contributed by atoms with van der Waals surface area (Å²) in [6.45, 7) is 4.43. The van der Waals surface area contributed by atoms with Crippen molar-refractivity contribution in [3.05, 3.63) is 23.8 Å². The van der Waals surface area contributed by atoms with Gasteiger partial charge in [-0.25, -0.2) is 0 Å². The Balaban J connectivity index is 2.30. The lowest BCUT2D eigenvalue weighted by Gasteiger charge is -2.23. The number of likely N-dealkylation sites (N-methyl/N-ethyl adjacent to an activating group) is 1. The number of hydrogen-bond acceptors (Lipinski definition) is 3. The molecule has 0 saturated carbocycles. The van der Waals surface area contributed by atoms with E-state index in [1.165, 1.54) is 11.3 Å². The number of rotatable bonds is 4. The van der Waals surface area contributed by atoms with Crippen LogP contribution in [0.15, 0.2) is 18.2 Å². The fourth-order valence-corrected chi connectivity index (χ4v) is 2.74. The zero-order valence-corrected chi connectivity index (χ0v) is 11.9. The first kappa shape index (κ1) is 13.7. The van der Waals surface area contributed by atoms with Crippen molar-refractivity contribution in [3.63, 3.8) is 0 Å². The molecule has 1 aliphatic heterocycles. The molecule has 4 nitrogen and oxygen atoms in total. The molecule has 1 aromatic carbocycles. The molecule has 0 amide bonds. The van der Waals surface area contributed by atoms with E-state index in [4.69, 9.17) is 4.74 Å². The van der Waals surface area contributed by atoms with Crippen molar-refractivity contribution in [1.29, 1.82) is 0 Å². The number of carboxylic acid groups (broad SMARTS) is 1. The fourth-order valence-electron chi connectivity index (χ4n) is 2.74. The molecule has 0 radical (unpaired) electrons. The Kier molecular flexibility index (Phi) is 3.43. The molecule has 4 heteroatoms. The molecule has 1 heterocycles. The van der Waals surface area contributed by atoms with E-state index >= 15 is 0 Å². The van der Waals surface area contributed by atoms with E-state index in [2.05, 4.69) is 4.90 Å². The average molecular weight is 263 g/mol. The Hall–Kier alpha value is -1.71. The van der Waals surface area contributed by atoms with E-state index in [1.807, 2.05) is 25.2 Å². The summed E-state index contributed by atoms with van der Waals surface area (Å²) in [7, 11) is 3.69. The Morgan fingerprint density at radius 2 is 2.21 bits per heavy atom. The van der Waals surface area contributed by atoms with Gasteiger partial charge in [0.1, 0.15) is 5.75 Å². The lowest BCUT2D eigenvalue weighted by Crippen LogP contribution is -2.27. The Morgan fingerprint density at radius 3 is 2.79 bits per heavy atom. The number of carbonyl (C=O) groups is 1. The van der Waals surface area contributed by atoms with Gasteiger partial charge in [0.15, 0.2) is 0 Å². The third-order valence-electron chi connectivity index (χ3n) is 3.92. The SMILES string of the molecule is COc1ccc2c(c1)C(CC(C)(C)C(=O)O)CN2C. The van der Waals surface area contributed by atoms with Crippen LogP contribution in [0.4, 0.5) is 5.69 Å². The highest BCUT2D eigenvalue weighted by molar-refractivity contribution is 5.74. The summed E-state index contributed by atoms with van der Waals surface area (Å²) < 4.78 is 5.27. The first-order valence-corrected chi connectivity index (χ1v) is 6.47. The lowest BCUT2D eigenvalue weighted by atomic mass is 9.81. The van der Waals surface area contributed by atoms with Gasteiger partial charge in [0.2, 0.25) is 0 Å². The van der Waals surface area contributed by atoms with Gasteiger partial charge in [0.25, 0.3) is 0 Å². The minimum Gasteiger partial charge on any atom is -0.497 e. The number of nitrogens with zero attached hydrogens (tertiary/aromatic N) is 1. The summed E-state index contributed by atoms with van der Waals surface area (Å²) in [4.78, 5) is 13.5. The quantitative estimate of drug-likeness (QED) is 0.907. The van der Waals surface area contributed by atoms with Crippen molar-refractivity contribution >= 4 is 11.7 Å². The van der Waals surface area contributed by atoms with Crippen LogP contribution in [0.3, 0.4) is 0 Å². The van der Waals surface area contributed by atoms with Gasteiger partial charge in [-0.3, -0.25) is 4.79 Å². The summed E-state index contributed by atoms with van der Waals surface area (Å²) in [5.41, 5.74) is 1.65. The standard InChI is InChI=1S/C15H21NO3/c1-15(2,14(17)18)8-10-9-16(3)13-6-5-11(19-4)7-12(10)13/h5-7,10H,8-9H2,1-4H3,(H,17,18). The van der Waals surface area contributed by atoms with Gasteiger partial charge in [-0.2, -0.15) is 0 Å². The molecule has 0 aliphatic carbocycles. The summed E-state index contributed by atoms with van der Waals surface area (Å²) in [5, 5.41) is 9.28. The van der Waals surface area contributed by atoms with Crippen LogP contribution in [0.25, 0.3) is 0 Å². The second-order valence-corrected chi connectivity index (χ2v) is 5.90. The monoisotopic (exact) mass is 263 g/mol. The van der Waals surface area contributed by atoms with Crippen molar-refractivity contribution in [2.45, 2.75) is 26.2 Å². The van der Waals surface area contributed by atoms with Gasteiger partial charge in [0, 0.05) is 25.2 Å². The molecule has 1 unspecified atom stereocenters. The van der Waals surface area contributed by atoms with E-state index in [0.717, 1.165) is 12.3 Å². The van der Waals surface area contributed by atoms with Crippen molar-refractivity contribution < 1.29 is 14.6 Å². The molecule has 1 aromatic rings. The molecule has 0 bridgehead atoms. The third-order valence-corrected chi connectivity index (χ3v) is 3.92. The molecule has 1 atom stereocenters. The van der Waals surface area contributed by atoms with Crippen molar-refractivity contribution in [2.24, 2.45) is 5.41 Å². The van der Waals surface area contributed by atoms with Crippen LogP contribution in [0, 0.1) is 5.41 Å². The predicted octanol–water partition coefficient (Wildman–Crippen LogP) is 2.73. The fraction of sp³-hybridized carbons (Fsp3) is 0.533.